The van der Waals surface area contributed by atoms with Crippen molar-refractivity contribution in [2.75, 3.05) is 7.11 Å². The smallest absolute Gasteiger partial charge is 0.339 e. The van der Waals surface area contributed by atoms with E-state index in [0.29, 0.717) is 25.7 Å². The number of nitrogens with zero attached hydrogens (tertiary/aromatic N) is 1. The number of pyridine rings is 1. The standard InChI is InChI=1S/C52H77NO18/c1-25(54)33-13-16-52(61)50(33,7)39(68-48(59)30-10-9-17-53-24-30)23-38-49(6)14-12-32(18-31(49)11-15-51(38,52)60)67-40-19-34(55)45(27(3)64-40)69-41-20-35(56)46(28(4)65-41)70-42-21-36(57)47(29(5)66-42)71-43-22-37(62-8)44(58)26(2)63-43/h9-11,17,24,26-29,32-47,55-58,60-61H,12-16,18-23H2,1-8H3/t26-,27-,28-,29-,32+,33-,34+,35+,36+,37-,38-,39-,40-,41-,42-,43-,44-,45+,46+,47+,49+,50+,51+,52-/m1/s1. The van der Waals surface area contributed by atoms with Gasteiger partial charge in [0, 0.05) is 62.4 Å². The number of aliphatic hydroxyl groups excluding tert-OH is 4. The van der Waals surface area contributed by atoms with E-state index < -0.39 is 144 Å². The van der Waals surface area contributed by atoms with E-state index in [1.54, 1.807) is 52.9 Å². The fourth-order valence-electron chi connectivity index (χ4n) is 14.2. The van der Waals surface area contributed by atoms with E-state index in [4.69, 9.17) is 47.4 Å². The van der Waals surface area contributed by atoms with Crippen molar-refractivity contribution >= 4 is 11.8 Å². The van der Waals surface area contributed by atoms with Gasteiger partial charge in [0.25, 0.3) is 0 Å². The second-order valence-corrected chi connectivity index (χ2v) is 22.3. The zero-order valence-electron chi connectivity index (χ0n) is 42.2. The van der Waals surface area contributed by atoms with Crippen LogP contribution in [0.2, 0.25) is 0 Å². The summed E-state index contributed by atoms with van der Waals surface area (Å²) < 4.78 is 61.4. The molecule has 8 aliphatic rings. The highest BCUT2D eigenvalue weighted by Crippen LogP contribution is 2.70. The summed E-state index contributed by atoms with van der Waals surface area (Å²) in [5, 5.41) is 70.0. The molecule has 4 aliphatic heterocycles. The molecule has 5 heterocycles. The second kappa shape index (κ2) is 20.5. The molecule has 1 aromatic heterocycles. The van der Waals surface area contributed by atoms with Gasteiger partial charge in [-0.15, -0.1) is 0 Å². The summed E-state index contributed by atoms with van der Waals surface area (Å²) in [4.78, 5) is 30.9. The third kappa shape index (κ3) is 9.60. The summed E-state index contributed by atoms with van der Waals surface area (Å²) in [6.45, 7) is 12.4. The van der Waals surface area contributed by atoms with Gasteiger partial charge in [-0.3, -0.25) is 9.78 Å². The van der Waals surface area contributed by atoms with E-state index in [1.807, 2.05) is 6.08 Å². The first-order chi connectivity index (χ1) is 33.6. The lowest BCUT2D eigenvalue weighted by Gasteiger charge is -2.66. The molecule has 19 heteroatoms. The van der Waals surface area contributed by atoms with Crippen LogP contribution in [0.5, 0.6) is 0 Å². The first-order valence-electron chi connectivity index (χ1n) is 25.8. The first-order valence-corrected chi connectivity index (χ1v) is 25.8. The van der Waals surface area contributed by atoms with Gasteiger partial charge in [-0.05, 0) is 97.1 Å². The number of carbonyl (C=O) groups is 2. The van der Waals surface area contributed by atoms with Crippen LogP contribution in [0.15, 0.2) is 36.2 Å². The van der Waals surface area contributed by atoms with Gasteiger partial charge in [0.2, 0.25) is 0 Å². The normalized spacial score (nSPS) is 50.0. The number of aliphatic hydroxyl groups is 6. The van der Waals surface area contributed by atoms with Gasteiger partial charge < -0.3 is 78.0 Å². The number of fused-ring (bicyclic) bond motifs is 5. The SMILES string of the molecule is CO[C@@H]1C[C@@H](O[C@@H]2[C@@H](O)C[C@@H](O[C@@H]3[C@@H](O)C[C@@H](O[C@@H]4[C@@H](O)C[C@@H](O[C@H]5CC[C@@]6(C)C(=CC[C@]7(O)[C@@H]6C[C@@H](OC(=O)c6cccnc6)[C@]6(C)[C@@H](C(C)=O)CC[C@@]67O)C5)O[C@@H]4C)O[C@@H]3C)O[C@@H]2C)O[C@H](C)[C@H]1O. The van der Waals surface area contributed by atoms with Crippen LogP contribution >= 0.6 is 0 Å². The van der Waals surface area contributed by atoms with Crippen molar-refractivity contribution in [2.45, 2.75) is 241 Å². The van der Waals surface area contributed by atoms with E-state index in [1.165, 1.54) is 20.2 Å². The molecule has 0 aromatic carbocycles. The molecule has 24 atom stereocenters. The third-order valence-electron chi connectivity index (χ3n) is 18.2. The topological polar surface area (TPSA) is 261 Å². The maximum absolute atomic E-state index is 13.6. The summed E-state index contributed by atoms with van der Waals surface area (Å²) in [5.74, 6) is -1.82. The molecular formula is C52H77NO18. The molecule has 0 spiro atoms. The van der Waals surface area contributed by atoms with E-state index in [2.05, 4.69) is 11.9 Å². The lowest BCUT2D eigenvalue weighted by molar-refractivity contribution is -0.344. The number of ketones is 1. The lowest BCUT2D eigenvalue weighted by atomic mass is 9.43. The maximum Gasteiger partial charge on any atom is 0.339 e. The molecule has 0 radical (unpaired) electrons. The van der Waals surface area contributed by atoms with Crippen LogP contribution in [-0.2, 0) is 52.2 Å². The van der Waals surface area contributed by atoms with Crippen LogP contribution in [0, 0.1) is 22.7 Å². The van der Waals surface area contributed by atoms with E-state index in [-0.39, 0.29) is 62.4 Å². The molecule has 4 saturated heterocycles. The third-order valence-corrected chi connectivity index (χ3v) is 18.2. The Morgan fingerprint density at radius 1 is 0.732 bits per heavy atom. The van der Waals surface area contributed by atoms with Crippen molar-refractivity contribution in [2.24, 2.45) is 22.7 Å². The van der Waals surface area contributed by atoms with Gasteiger partial charge in [-0.25, -0.2) is 4.79 Å². The minimum Gasteiger partial charge on any atom is -0.458 e. The number of rotatable bonds is 12. The van der Waals surface area contributed by atoms with E-state index >= 15 is 0 Å². The van der Waals surface area contributed by atoms with Crippen molar-refractivity contribution in [1.29, 1.82) is 0 Å². The van der Waals surface area contributed by atoms with Gasteiger partial charge in [0.05, 0.1) is 60.5 Å². The quantitative estimate of drug-likeness (QED) is 0.130. The molecule has 3 saturated carbocycles. The van der Waals surface area contributed by atoms with Gasteiger partial charge in [-0.2, -0.15) is 0 Å². The highest BCUT2D eigenvalue weighted by molar-refractivity contribution is 5.89. The zero-order valence-corrected chi connectivity index (χ0v) is 42.2. The largest absolute Gasteiger partial charge is 0.458 e. The van der Waals surface area contributed by atoms with Crippen LogP contribution in [0.4, 0.5) is 0 Å². The Morgan fingerprint density at radius 2 is 1.28 bits per heavy atom. The monoisotopic (exact) mass is 1000 g/mol. The summed E-state index contributed by atoms with van der Waals surface area (Å²) in [6, 6.07) is 3.27. The molecule has 0 amide bonds. The molecule has 4 aliphatic carbocycles. The van der Waals surface area contributed by atoms with Gasteiger partial charge in [0.1, 0.15) is 47.5 Å². The van der Waals surface area contributed by atoms with Crippen molar-refractivity contribution in [3.8, 4) is 0 Å². The summed E-state index contributed by atoms with van der Waals surface area (Å²) in [7, 11) is 1.52. The molecule has 19 nitrogen and oxygen atoms in total. The van der Waals surface area contributed by atoms with Gasteiger partial charge >= 0.3 is 5.97 Å². The van der Waals surface area contributed by atoms with Crippen LogP contribution in [-0.4, -0.2) is 176 Å². The number of hydrogen-bond donors (Lipinski definition) is 6. The fraction of sp³-hybridized carbons (Fsp3) is 0.827. The van der Waals surface area contributed by atoms with Gasteiger partial charge in [0.15, 0.2) is 25.2 Å². The minimum atomic E-state index is -1.71. The number of aromatic nitrogens is 1. The number of carbonyl (C=O) groups excluding carboxylic acids is 2. The lowest BCUT2D eigenvalue weighted by Crippen LogP contribution is -2.75. The Balaban J connectivity index is 0.780. The average Bonchev–Trinajstić information content (AvgIpc) is 3.62. The Bertz CT molecular complexity index is 2050. The zero-order chi connectivity index (χ0) is 50.9. The second-order valence-electron chi connectivity index (χ2n) is 22.3. The molecule has 398 valence electrons. The van der Waals surface area contributed by atoms with Crippen LogP contribution in [0.3, 0.4) is 0 Å². The Morgan fingerprint density at radius 3 is 1.80 bits per heavy atom. The van der Waals surface area contributed by atoms with Crippen molar-refractivity contribution in [3.05, 3.63) is 41.7 Å². The molecule has 1 aromatic rings. The minimum absolute atomic E-state index is 0.0405. The van der Waals surface area contributed by atoms with Gasteiger partial charge in [-0.1, -0.05) is 25.5 Å². The number of methoxy groups -OCH3 is 1. The molecule has 71 heavy (non-hydrogen) atoms. The number of hydrogen-bond acceptors (Lipinski definition) is 19. The fourth-order valence-corrected chi connectivity index (χ4v) is 14.2. The summed E-state index contributed by atoms with van der Waals surface area (Å²) >= 11 is 0. The van der Waals surface area contributed by atoms with Crippen molar-refractivity contribution in [3.63, 3.8) is 0 Å². The number of ether oxygens (including phenoxy) is 10. The van der Waals surface area contributed by atoms with Crippen LogP contribution < -0.4 is 0 Å². The first kappa shape index (κ1) is 53.3. The highest BCUT2D eigenvalue weighted by atomic mass is 16.8. The number of esters is 1. The van der Waals surface area contributed by atoms with Crippen molar-refractivity contribution in [1.82, 2.24) is 4.98 Å². The Labute approximate surface area is 415 Å². The van der Waals surface area contributed by atoms with Crippen LogP contribution in [0.25, 0.3) is 0 Å². The summed E-state index contributed by atoms with van der Waals surface area (Å²) in [5.41, 5.74) is -3.78. The average molecular weight is 1000 g/mol. The van der Waals surface area contributed by atoms with E-state index in [9.17, 15) is 40.2 Å². The molecule has 0 bridgehead atoms. The molecule has 0 unspecified atom stereocenters. The molecule has 6 N–H and O–H groups in total. The Hall–Kier alpha value is -2.57. The molecular weight excluding hydrogens is 927 g/mol. The molecule has 7 fully saturated rings. The maximum atomic E-state index is 13.6. The van der Waals surface area contributed by atoms with E-state index in [0.717, 1.165) is 5.57 Å². The summed E-state index contributed by atoms with van der Waals surface area (Å²) in [6.07, 6.45) is -5.06. The highest BCUT2D eigenvalue weighted by Gasteiger charge is 2.77. The Kier molecular flexibility index (Phi) is 15.4. The van der Waals surface area contributed by atoms with Crippen molar-refractivity contribution < 1.29 is 87.6 Å². The number of Topliss-reactive ketones (excluding diaryl/α,β-unsaturated/α-hetero) is 1. The predicted octanol–water partition coefficient (Wildman–Crippen LogP) is 3.15. The molecule has 9 rings (SSSR count). The van der Waals surface area contributed by atoms with Crippen LogP contribution in [0.1, 0.15) is 129 Å². The predicted molar refractivity (Wildman–Crippen MR) is 248 cm³/mol.